The lowest BCUT2D eigenvalue weighted by Gasteiger charge is -2.08. The van der Waals surface area contributed by atoms with Gasteiger partial charge in [0.2, 0.25) is 5.91 Å². The maximum atomic E-state index is 12.3. The maximum absolute atomic E-state index is 12.3. The number of aromatic nitrogens is 1. The number of fused-ring (bicyclic) bond motifs is 1. The minimum Gasteiger partial charge on any atom is -0.494 e. The number of nitrogens with zero attached hydrogens (tertiary/aromatic N) is 2. The van der Waals surface area contributed by atoms with Crippen LogP contribution in [0.3, 0.4) is 0 Å². The summed E-state index contributed by atoms with van der Waals surface area (Å²) in [5.41, 5.74) is 8.09. The van der Waals surface area contributed by atoms with Crippen LogP contribution in [-0.4, -0.2) is 23.3 Å². The third kappa shape index (κ3) is 4.89. The number of para-hydroxylation sites is 1. The first-order valence-electron chi connectivity index (χ1n) is 10.8. The van der Waals surface area contributed by atoms with E-state index in [9.17, 15) is 4.79 Å². The Labute approximate surface area is 188 Å². The van der Waals surface area contributed by atoms with Gasteiger partial charge in [0.05, 0.1) is 19.2 Å². The van der Waals surface area contributed by atoms with Gasteiger partial charge in [-0.3, -0.25) is 4.79 Å². The Balaban J connectivity index is 1.48. The molecule has 0 bridgehead atoms. The van der Waals surface area contributed by atoms with Crippen molar-refractivity contribution in [2.24, 2.45) is 5.10 Å². The molecule has 1 aromatic heterocycles. The van der Waals surface area contributed by atoms with Gasteiger partial charge in [-0.15, -0.1) is 0 Å². The largest absolute Gasteiger partial charge is 0.494 e. The fraction of sp³-hybridized carbons (Fsp3) is 0.185. The van der Waals surface area contributed by atoms with E-state index in [1.807, 2.05) is 49.4 Å². The molecular weight excluding hydrogens is 398 g/mol. The number of rotatable bonds is 8. The number of hydrogen-bond acceptors (Lipinski definition) is 3. The lowest BCUT2D eigenvalue weighted by atomic mass is 10.1. The fourth-order valence-corrected chi connectivity index (χ4v) is 3.85. The maximum Gasteiger partial charge on any atom is 0.244 e. The van der Waals surface area contributed by atoms with E-state index in [2.05, 4.69) is 58.4 Å². The van der Waals surface area contributed by atoms with Crippen molar-refractivity contribution in [3.05, 3.63) is 101 Å². The summed E-state index contributed by atoms with van der Waals surface area (Å²) >= 11 is 0. The number of carbonyl (C=O) groups excluding carboxylic acids is 1. The highest BCUT2D eigenvalue weighted by Crippen LogP contribution is 2.25. The topological polar surface area (TPSA) is 55.6 Å². The zero-order valence-corrected chi connectivity index (χ0v) is 18.4. The van der Waals surface area contributed by atoms with E-state index in [-0.39, 0.29) is 12.3 Å². The van der Waals surface area contributed by atoms with Gasteiger partial charge in [0.1, 0.15) is 5.75 Å². The van der Waals surface area contributed by atoms with Gasteiger partial charge >= 0.3 is 0 Å². The van der Waals surface area contributed by atoms with Gasteiger partial charge in [0.15, 0.2) is 0 Å². The van der Waals surface area contributed by atoms with Gasteiger partial charge < -0.3 is 9.30 Å². The van der Waals surface area contributed by atoms with Crippen LogP contribution in [0.2, 0.25) is 0 Å². The molecule has 0 aliphatic carbocycles. The summed E-state index contributed by atoms with van der Waals surface area (Å²) in [6.07, 6.45) is 2.01. The van der Waals surface area contributed by atoms with Crippen molar-refractivity contribution in [3.8, 4) is 5.75 Å². The molecule has 0 aliphatic rings. The molecule has 162 valence electrons. The second-order valence-electron chi connectivity index (χ2n) is 7.63. The molecule has 0 radical (unpaired) electrons. The average molecular weight is 426 g/mol. The SMILES string of the molecule is CCOc1ccc(CC(=O)N/N=C\c2c(C)n(Cc3ccccc3)c3ccccc23)cc1. The summed E-state index contributed by atoms with van der Waals surface area (Å²) in [6, 6.07) is 26.2. The third-order valence-electron chi connectivity index (χ3n) is 5.45. The summed E-state index contributed by atoms with van der Waals surface area (Å²) in [5.74, 6) is 0.646. The molecule has 32 heavy (non-hydrogen) atoms. The minimum atomic E-state index is -0.156. The standard InChI is InChI=1S/C27H27N3O2/c1-3-32-23-15-13-21(14-16-23)17-27(31)29-28-18-25-20(2)30(19-22-9-5-4-6-10-22)26-12-8-7-11-24(25)26/h4-16,18H,3,17,19H2,1-2H3,(H,29,31)/b28-18-. The number of amides is 1. The molecule has 5 nitrogen and oxygen atoms in total. The van der Waals surface area contributed by atoms with Crippen molar-refractivity contribution in [1.29, 1.82) is 0 Å². The smallest absolute Gasteiger partial charge is 0.244 e. The molecular formula is C27H27N3O2. The van der Waals surface area contributed by atoms with Crippen molar-refractivity contribution in [3.63, 3.8) is 0 Å². The predicted octanol–water partition coefficient (Wildman–Crippen LogP) is 5.09. The zero-order chi connectivity index (χ0) is 22.3. The number of benzene rings is 3. The molecule has 0 fully saturated rings. The molecule has 0 spiro atoms. The molecule has 0 saturated heterocycles. The van der Waals surface area contributed by atoms with Crippen molar-refractivity contribution < 1.29 is 9.53 Å². The Hall–Kier alpha value is -3.86. The molecule has 5 heteroatoms. The normalized spacial score (nSPS) is 11.2. The van der Waals surface area contributed by atoms with E-state index in [1.54, 1.807) is 6.21 Å². The Morgan fingerprint density at radius 2 is 1.69 bits per heavy atom. The Kier molecular flexibility index (Phi) is 6.66. The van der Waals surface area contributed by atoms with Crippen LogP contribution >= 0.6 is 0 Å². The monoisotopic (exact) mass is 425 g/mol. The average Bonchev–Trinajstić information content (AvgIpc) is 3.07. The van der Waals surface area contributed by atoms with E-state index >= 15 is 0 Å². The van der Waals surface area contributed by atoms with Crippen LogP contribution < -0.4 is 10.2 Å². The Bertz CT molecular complexity index is 1230. The van der Waals surface area contributed by atoms with E-state index in [4.69, 9.17) is 4.74 Å². The van der Waals surface area contributed by atoms with Gasteiger partial charge in [-0.05, 0) is 43.2 Å². The molecule has 4 rings (SSSR count). The lowest BCUT2D eigenvalue weighted by Crippen LogP contribution is -2.19. The van der Waals surface area contributed by atoms with E-state index in [1.165, 1.54) is 5.56 Å². The fourth-order valence-electron chi connectivity index (χ4n) is 3.85. The zero-order valence-electron chi connectivity index (χ0n) is 18.4. The summed E-state index contributed by atoms with van der Waals surface area (Å²) in [4.78, 5) is 12.3. The second-order valence-corrected chi connectivity index (χ2v) is 7.63. The molecule has 1 heterocycles. The summed E-state index contributed by atoms with van der Waals surface area (Å²) in [5, 5.41) is 5.37. The summed E-state index contributed by atoms with van der Waals surface area (Å²) < 4.78 is 7.72. The predicted molar refractivity (Wildman–Crippen MR) is 129 cm³/mol. The molecule has 1 N–H and O–H groups in total. The quantitative estimate of drug-likeness (QED) is 0.316. The van der Waals surface area contributed by atoms with Crippen LogP contribution in [0.25, 0.3) is 10.9 Å². The van der Waals surface area contributed by atoms with E-state index in [0.717, 1.165) is 40.0 Å². The van der Waals surface area contributed by atoms with Crippen molar-refractivity contribution >= 4 is 23.0 Å². The Morgan fingerprint density at radius 3 is 2.44 bits per heavy atom. The number of carbonyl (C=O) groups is 1. The molecule has 4 aromatic rings. The second kappa shape index (κ2) is 9.96. The summed E-state index contributed by atoms with van der Waals surface area (Å²) in [7, 11) is 0. The first-order valence-corrected chi connectivity index (χ1v) is 10.8. The van der Waals surface area contributed by atoms with Crippen LogP contribution in [0.5, 0.6) is 5.75 Å². The highest BCUT2D eigenvalue weighted by Gasteiger charge is 2.13. The summed E-state index contributed by atoms with van der Waals surface area (Å²) in [6.45, 7) is 5.44. The van der Waals surface area contributed by atoms with Crippen LogP contribution in [0, 0.1) is 6.92 Å². The van der Waals surface area contributed by atoms with E-state index < -0.39 is 0 Å². The minimum absolute atomic E-state index is 0.156. The molecule has 0 saturated carbocycles. The molecule has 0 unspecified atom stereocenters. The van der Waals surface area contributed by atoms with Crippen LogP contribution in [0.1, 0.15) is 29.3 Å². The van der Waals surface area contributed by atoms with Crippen molar-refractivity contribution in [1.82, 2.24) is 9.99 Å². The van der Waals surface area contributed by atoms with Gasteiger partial charge in [0, 0.05) is 28.7 Å². The number of ether oxygens (including phenoxy) is 1. The molecule has 1 amide bonds. The first kappa shape index (κ1) is 21.4. The third-order valence-corrected chi connectivity index (χ3v) is 5.45. The van der Waals surface area contributed by atoms with Crippen LogP contribution in [0.15, 0.2) is 84.0 Å². The van der Waals surface area contributed by atoms with Gasteiger partial charge in [0.25, 0.3) is 0 Å². The van der Waals surface area contributed by atoms with Gasteiger partial charge in [-0.1, -0.05) is 60.7 Å². The highest BCUT2D eigenvalue weighted by atomic mass is 16.5. The first-order chi connectivity index (χ1) is 15.7. The molecule has 0 aliphatic heterocycles. The highest BCUT2D eigenvalue weighted by molar-refractivity contribution is 6.01. The number of hydrogen-bond donors (Lipinski definition) is 1. The van der Waals surface area contributed by atoms with Gasteiger partial charge in [-0.2, -0.15) is 5.10 Å². The van der Waals surface area contributed by atoms with Crippen LogP contribution in [-0.2, 0) is 17.8 Å². The lowest BCUT2D eigenvalue weighted by molar-refractivity contribution is -0.120. The number of hydrazone groups is 1. The van der Waals surface area contributed by atoms with E-state index in [0.29, 0.717) is 6.61 Å². The Morgan fingerprint density at radius 1 is 0.969 bits per heavy atom. The molecule has 3 aromatic carbocycles. The van der Waals surface area contributed by atoms with Crippen molar-refractivity contribution in [2.45, 2.75) is 26.8 Å². The van der Waals surface area contributed by atoms with Gasteiger partial charge in [-0.25, -0.2) is 5.43 Å². The van der Waals surface area contributed by atoms with Crippen LogP contribution in [0.4, 0.5) is 0 Å². The number of nitrogens with one attached hydrogen (secondary N) is 1. The molecule has 0 atom stereocenters. The van der Waals surface area contributed by atoms with Crippen molar-refractivity contribution in [2.75, 3.05) is 6.61 Å².